The van der Waals surface area contributed by atoms with Gasteiger partial charge in [0.2, 0.25) is 0 Å². The van der Waals surface area contributed by atoms with Crippen LogP contribution in [0, 0.1) is 0 Å². The topological polar surface area (TPSA) is 0 Å². The molecule has 2 rings (SSSR count). The number of hydrogen-bond acceptors (Lipinski definition) is 0. The van der Waals surface area contributed by atoms with E-state index in [1.165, 1.54) is 0 Å². The standard InChI is InChI=1S/C9H15P2.C5H5.Zr/c1-10(2)8-6-5-7-9(8)11(3)4;1-2-4-5-3-1;/h5-7H,1-4H3;1-5H;/q-1;-5;. The average Bonchev–Trinajstić information content (AvgIpc) is 2.92. The average molecular weight is 341 g/mol. The molecule has 0 radical (unpaired) electrons. The van der Waals surface area contributed by atoms with Crippen LogP contribution in [0.5, 0.6) is 0 Å². The second kappa shape index (κ2) is 9.38. The molecule has 17 heavy (non-hydrogen) atoms. The summed E-state index contributed by atoms with van der Waals surface area (Å²) in [6, 6.07) is 16.8. The van der Waals surface area contributed by atoms with Crippen LogP contribution in [0.15, 0.2) is 48.5 Å². The summed E-state index contributed by atoms with van der Waals surface area (Å²) < 4.78 is 0. The Bertz CT molecular complexity index is 335. The van der Waals surface area contributed by atoms with Crippen molar-refractivity contribution >= 4 is 26.5 Å². The van der Waals surface area contributed by atoms with Crippen molar-refractivity contribution in [3.8, 4) is 0 Å². The largest absolute Gasteiger partial charge is 0.748 e. The van der Waals surface area contributed by atoms with E-state index in [4.69, 9.17) is 0 Å². The molecule has 0 heterocycles. The van der Waals surface area contributed by atoms with Crippen molar-refractivity contribution in [3.05, 3.63) is 48.5 Å². The van der Waals surface area contributed by atoms with Crippen molar-refractivity contribution in [2.45, 2.75) is 0 Å². The fourth-order valence-electron chi connectivity index (χ4n) is 1.48. The molecule has 0 aromatic heterocycles. The fraction of sp³-hybridized carbons (Fsp3) is 0.286. The van der Waals surface area contributed by atoms with E-state index < -0.39 is 0 Å². The molecule has 3 heteroatoms. The van der Waals surface area contributed by atoms with Crippen molar-refractivity contribution in [1.29, 1.82) is 0 Å². The van der Waals surface area contributed by atoms with Crippen LogP contribution >= 0.6 is 15.8 Å². The predicted octanol–water partition coefficient (Wildman–Crippen LogP) is 3.54. The Kier molecular flexibility index (Phi) is 9.63. The van der Waals surface area contributed by atoms with Crippen LogP contribution in [0.1, 0.15) is 0 Å². The van der Waals surface area contributed by atoms with Gasteiger partial charge in [-0.15, -0.1) is 26.5 Å². The van der Waals surface area contributed by atoms with Crippen molar-refractivity contribution < 1.29 is 26.2 Å². The van der Waals surface area contributed by atoms with Gasteiger partial charge in [-0.2, -0.15) is 6.07 Å². The van der Waals surface area contributed by atoms with Gasteiger partial charge in [0, 0.05) is 26.2 Å². The maximum absolute atomic E-state index is 2.33. The Balaban J connectivity index is 0.000000360. The van der Waals surface area contributed by atoms with Crippen LogP contribution in [0.4, 0.5) is 0 Å². The molecule has 0 saturated heterocycles. The third-order valence-electron chi connectivity index (χ3n) is 2.29. The monoisotopic (exact) mass is 340 g/mol. The fourth-order valence-corrected chi connectivity index (χ4v) is 4.51. The van der Waals surface area contributed by atoms with Crippen molar-refractivity contribution in [2.24, 2.45) is 0 Å². The molecule has 0 amide bonds. The summed E-state index contributed by atoms with van der Waals surface area (Å²) in [5.74, 6) is 0. The van der Waals surface area contributed by atoms with E-state index in [0.29, 0.717) is 0 Å². The summed E-state index contributed by atoms with van der Waals surface area (Å²) >= 11 is 0. The zero-order valence-electron chi connectivity index (χ0n) is 11.0. The van der Waals surface area contributed by atoms with Gasteiger partial charge in [-0.25, -0.2) is 12.1 Å². The molecule has 96 valence electrons. The molecule has 0 unspecified atom stereocenters. The Morgan fingerprint density at radius 1 is 0.941 bits per heavy atom. The quantitative estimate of drug-likeness (QED) is 0.579. The number of hydrogen-bond donors (Lipinski definition) is 0. The van der Waals surface area contributed by atoms with Gasteiger partial charge in [-0.05, 0) is 13.3 Å². The SMILES string of the molecule is CP(C)c1ccc[c-]1P(C)C.[Zr].[cH-]1[cH-][cH-][cH-][cH-]1. The molecule has 0 spiro atoms. The van der Waals surface area contributed by atoms with Gasteiger partial charge in [0.25, 0.3) is 0 Å². The minimum atomic E-state index is 0. The molecule has 0 aliphatic rings. The molecule has 0 fully saturated rings. The molecule has 0 aliphatic heterocycles. The maximum atomic E-state index is 2.33. The molecule has 2 aromatic rings. The molecule has 0 bridgehead atoms. The minimum Gasteiger partial charge on any atom is -0.748 e. The minimum absolute atomic E-state index is 0. The molecule has 2 aromatic carbocycles. The normalized spacial score (nSPS) is 9.76. The molecule has 0 nitrogen and oxygen atoms in total. The first-order valence-electron chi connectivity index (χ1n) is 5.40. The van der Waals surface area contributed by atoms with Gasteiger partial charge >= 0.3 is 0 Å². The summed E-state index contributed by atoms with van der Waals surface area (Å²) in [6.45, 7) is 9.31. The molecular formula is C14H20P2Zr-6. The van der Waals surface area contributed by atoms with Crippen LogP contribution in [-0.2, 0) is 26.2 Å². The molecule has 0 saturated carbocycles. The van der Waals surface area contributed by atoms with Crippen molar-refractivity contribution in [3.63, 3.8) is 0 Å². The van der Waals surface area contributed by atoms with Crippen LogP contribution in [-0.4, -0.2) is 26.7 Å². The van der Waals surface area contributed by atoms with Gasteiger partial charge in [-0.1, -0.05) is 13.3 Å². The Morgan fingerprint density at radius 3 is 1.71 bits per heavy atom. The van der Waals surface area contributed by atoms with E-state index in [9.17, 15) is 0 Å². The molecule has 0 aliphatic carbocycles. The van der Waals surface area contributed by atoms with E-state index in [1.807, 2.05) is 30.3 Å². The van der Waals surface area contributed by atoms with Crippen molar-refractivity contribution in [1.82, 2.24) is 0 Å². The molecule has 0 atom stereocenters. The van der Waals surface area contributed by atoms with Gasteiger partial charge in [0.05, 0.1) is 0 Å². The van der Waals surface area contributed by atoms with Crippen molar-refractivity contribution in [2.75, 3.05) is 26.7 Å². The smallest absolute Gasteiger partial charge is 0 e. The molecule has 0 N–H and O–H groups in total. The van der Waals surface area contributed by atoms with Crippen LogP contribution in [0.3, 0.4) is 0 Å². The Hall–Kier alpha value is 0.443. The first-order valence-corrected chi connectivity index (χ1v) is 9.87. The summed E-state index contributed by atoms with van der Waals surface area (Å²) in [6.07, 6.45) is 0. The zero-order chi connectivity index (χ0) is 12.0. The first kappa shape index (κ1) is 17.4. The van der Waals surface area contributed by atoms with Gasteiger partial charge in [0.1, 0.15) is 0 Å². The van der Waals surface area contributed by atoms with Crippen LogP contribution in [0.25, 0.3) is 0 Å². The summed E-state index contributed by atoms with van der Waals surface area (Å²) in [5, 5.41) is 3.22. The van der Waals surface area contributed by atoms with E-state index in [2.05, 4.69) is 44.9 Å². The second-order valence-electron chi connectivity index (χ2n) is 4.05. The Morgan fingerprint density at radius 2 is 1.41 bits per heavy atom. The summed E-state index contributed by atoms with van der Waals surface area (Å²) in [7, 11) is 0.209. The maximum Gasteiger partial charge on any atom is 0 e. The predicted molar refractivity (Wildman–Crippen MR) is 80.9 cm³/mol. The number of rotatable bonds is 2. The zero-order valence-corrected chi connectivity index (χ0v) is 15.3. The second-order valence-corrected chi connectivity index (χ2v) is 8.59. The van der Waals surface area contributed by atoms with Gasteiger partial charge in [-0.3, -0.25) is 0 Å². The van der Waals surface area contributed by atoms with E-state index in [-0.39, 0.29) is 42.0 Å². The third kappa shape index (κ3) is 6.24. The van der Waals surface area contributed by atoms with Crippen LogP contribution in [0.2, 0.25) is 0 Å². The van der Waals surface area contributed by atoms with Gasteiger partial charge < -0.3 is 30.3 Å². The van der Waals surface area contributed by atoms with Gasteiger partial charge in [0.15, 0.2) is 0 Å². The van der Waals surface area contributed by atoms with E-state index >= 15 is 0 Å². The van der Waals surface area contributed by atoms with E-state index in [1.54, 1.807) is 10.6 Å². The summed E-state index contributed by atoms with van der Waals surface area (Å²) in [5.41, 5.74) is 0. The summed E-state index contributed by atoms with van der Waals surface area (Å²) in [4.78, 5) is 0. The molecular weight excluding hydrogens is 321 g/mol. The van der Waals surface area contributed by atoms with Crippen LogP contribution < -0.4 is 10.6 Å². The van der Waals surface area contributed by atoms with E-state index in [0.717, 1.165) is 0 Å². The third-order valence-corrected chi connectivity index (χ3v) is 5.17. The Labute approximate surface area is 127 Å². The first-order chi connectivity index (χ1) is 7.63.